The van der Waals surface area contributed by atoms with Gasteiger partial charge in [-0.3, -0.25) is 0 Å². The molecule has 0 radical (unpaired) electrons. The Hall–Kier alpha value is -5.57. The lowest BCUT2D eigenvalue weighted by Crippen LogP contribution is -2.24. The molecule has 0 aliphatic rings. The van der Waals surface area contributed by atoms with Crippen molar-refractivity contribution < 1.29 is 23.4 Å². The third-order valence-electron chi connectivity index (χ3n) is 7.58. The van der Waals surface area contributed by atoms with E-state index in [0.717, 1.165) is 11.1 Å². The van der Waals surface area contributed by atoms with Crippen LogP contribution in [-0.2, 0) is 13.1 Å². The Balaban J connectivity index is 1.55. The third-order valence-corrected chi connectivity index (χ3v) is 7.91. The molecule has 9 nitrogen and oxygen atoms in total. The number of hydrogen-bond acceptors (Lipinski definition) is 7. The van der Waals surface area contributed by atoms with Gasteiger partial charge in [0.2, 0.25) is 5.69 Å². The Morgan fingerprint density at radius 1 is 0.894 bits per heavy atom. The number of methoxy groups -OCH3 is 2. The number of hydrogen-bond donors (Lipinski definition) is 1. The lowest BCUT2D eigenvalue weighted by molar-refractivity contribution is 0.205. The minimum absolute atomic E-state index is 0.00839. The molecule has 0 aliphatic carbocycles. The van der Waals surface area contributed by atoms with Crippen LogP contribution in [0.5, 0.6) is 11.5 Å². The number of aromatic nitrogens is 4. The van der Waals surface area contributed by atoms with E-state index in [4.69, 9.17) is 32.6 Å². The summed E-state index contributed by atoms with van der Waals surface area (Å²) in [6.45, 7) is 8.06. The van der Waals surface area contributed by atoms with Crippen LogP contribution in [0.3, 0.4) is 0 Å². The van der Waals surface area contributed by atoms with E-state index in [-0.39, 0.29) is 39.0 Å². The summed E-state index contributed by atoms with van der Waals surface area (Å²) in [5, 5.41) is 15.7. The van der Waals surface area contributed by atoms with E-state index in [9.17, 15) is 9.50 Å². The normalized spacial score (nSPS) is 11.7. The van der Waals surface area contributed by atoms with Crippen LogP contribution in [0.4, 0.5) is 20.3 Å². The van der Waals surface area contributed by atoms with Gasteiger partial charge in [0.1, 0.15) is 29.2 Å². The maximum atomic E-state index is 15.5. The molecule has 47 heavy (non-hydrogen) atoms. The fourth-order valence-corrected chi connectivity index (χ4v) is 5.43. The van der Waals surface area contributed by atoms with Gasteiger partial charge in [-0.15, -0.1) is 5.10 Å². The molecule has 12 heteroatoms. The summed E-state index contributed by atoms with van der Waals surface area (Å²) in [6, 6.07) is 23.6. The molecule has 1 unspecified atom stereocenters. The van der Waals surface area contributed by atoms with Gasteiger partial charge in [-0.2, -0.15) is 0 Å². The van der Waals surface area contributed by atoms with Gasteiger partial charge in [-0.05, 0) is 47.5 Å². The Labute approximate surface area is 274 Å². The first-order valence-corrected chi connectivity index (χ1v) is 14.7. The third kappa shape index (κ3) is 6.42. The Morgan fingerprint density at radius 2 is 1.51 bits per heavy atom. The van der Waals surface area contributed by atoms with Crippen LogP contribution in [0.25, 0.3) is 21.7 Å². The van der Waals surface area contributed by atoms with Crippen molar-refractivity contribution in [3.8, 4) is 22.8 Å². The molecule has 0 aliphatic heterocycles. The first-order valence-electron chi connectivity index (χ1n) is 14.4. The zero-order valence-electron chi connectivity index (χ0n) is 25.2. The molecule has 236 valence electrons. The fourth-order valence-electron chi connectivity index (χ4n) is 5.16. The second-order valence-corrected chi connectivity index (χ2v) is 10.9. The van der Waals surface area contributed by atoms with E-state index in [1.807, 2.05) is 53.4 Å². The number of rotatable bonds is 10. The SMILES string of the molecule is [C-]#[N+]c1cccc(-c2cn3nc(C(O)c4c(F)cccc4Cl)nc3c(N(Cc3ccc(OC)cc3)Cc3ccc(OC)cc3)n2)c1F. The van der Waals surface area contributed by atoms with Crippen molar-refractivity contribution in [2.45, 2.75) is 19.2 Å². The predicted octanol–water partition coefficient (Wildman–Crippen LogP) is 7.58. The summed E-state index contributed by atoms with van der Waals surface area (Å²) in [7, 11) is 3.18. The number of halogens is 3. The molecular formula is C35H27ClF2N6O3. The van der Waals surface area contributed by atoms with E-state index >= 15 is 4.39 Å². The van der Waals surface area contributed by atoms with E-state index in [1.165, 1.54) is 41.0 Å². The van der Waals surface area contributed by atoms with Gasteiger partial charge in [0, 0.05) is 29.2 Å². The molecule has 2 aromatic heterocycles. The van der Waals surface area contributed by atoms with Crippen molar-refractivity contribution >= 4 is 28.8 Å². The number of fused-ring (bicyclic) bond motifs is 1. The van der Waals surface area contributed by atoms with E-state index in [1.54, 1.807) is 20.3 Å². The molecular weight excluding hydrogens is 626 g/mol. The first kappa shape index (κ1) is 31.4. The summed E-state index contributed by atoms with van der Waals surface area (Å²) < 4.78 is 42.4. The Kier molecular flexibility index (Phi) is 8.97. The molecule has 2 heterocycles. The van der Waals surface area contributed by atoms with Crippen LogP contribution in [0.1, 0.15) is 28.6 Å². The Morgan fingerprint density at radius 3 is 2.09 bits per heavy atom. The average molecular weight is 653 g/mol. The number of nitrogens with zero attached hydrogens (tertiary/aromatic N) is 6. The van der Waals surface area contributed by atoms with Crippen molar-refractivity contribution in [3.05, 3.63) is 142 Å². The lowest BCUT2D eigenvalue weighted by Gasteiger charge is -2.25. The Bertz CT molecular complexity index is 2030. The topological polar surface area (TPSA) is 89.4 Å². The van der Waals surface area contributed by atoms with Crippen molar-refractivity contribution in [1.29, 1.82) is 0 Å². The highest BCUT2D eigenvalue weighted by molar-refractivity contribution is 6.31. The summed E-state index contributed by atoms with van der Waals surface area (Å²) in [4.78, 5) is 14.7. The zero-order valence-corrected chi connectivity index (χ0v) is 26.0. The van der Waals surface area contributed by atoms with Gasteiger partial charge < -0.3 is 19.5 Å². The zero-order chi connectivity index (χ0) is 33.1. The quantitative estimate of drug-likeness (QED) is 0.153. The first-order chi connectivity index (χ1) is 22.8. The van der Waals surface area contributed by atoms with Crippen LogP contribution in [0.2, 0.25) is 5.02 Å². The number of aliphatic hydroxyl groups excluding tert-OH is 1. The average Bonchev–Trinajstić information content (AvgIpc) is 3.53. The van der Waals surface area contributed by atoms with Crippen molar-refractivity contribution in [2.24, 2.45) is 0 Å². The predicted molar refractivity (Wildman–Crippen MR) is 174 cm³/mol. The van der Waals surface area contributed by atoms with Crippen LogP contribution < -0.4 is 14.4 Å². The molecule has 1 atom stereocenters. The molecule has 0 saturated heterocycles. The maximum Gasteiger partial charge on any atom is 0.222 e. The molecule has 0 fully saturated rings. The van der Waals surface area contributed by atoms with Gasteiger partial charge in [0.25, 0.3) is 0 Å². The summed E-state index contributed by atoms with van der Waals surface area (Å²) in [6.07, 6.45) is -0.158. The summed E-state index contributed by atoms with van der Waals surface area (Å²) in [5.74, 6) is 0.0815. The van der Waals surface area contributed by atoms with Gasteiger partial charge in [0.15, 0.2) is 17.3 Å². The highest BCUT2D eigenvalue weighted by Crippen LogP contribution is 2.34. The highest BCUT2D eigenvalue weighted by atomic mass is 35.5. The van der Waals surface area contributed by atoms with Gasteiger partial charge in [-0.25, -0.2) is 28.1 Å². The molecule has 4 aromatic carbocycles. The number of benzene rings is 4. The number of ether oxygens (including phenoxy) is 2. The highest BCUT2D eigenvalue weighted by Gasteiger charge is 2.26. The monoisotopic (exact) mass is 652 g/mol. The second-order valence-electron chi connectivity index (χ2n) is 10.5. The largest absolute Gasteiger partial charge is 0.497 e. The van der Waals surface area contributed by atoms with Crippen molar-refractivity contribution in [2.75, 3.05) is 19.1 Å². The molecule has 0 spiro atoms. The van der Waals surface area contributed by atoms with Crippen molar-refractivity contribution in [3.63, 3.8) is 0 Å². The van der Waals surface area contributed by atoms with Gasteiger partial charge in [-0.1, -0.05) is 60.1 Å². The molecule has 6 aromatic rings. The maximum absolute atomic E-state index is 15.5. The minimum Gasteiger partial charge on any atom is -0.497 e. The molecule has 0 bridgehead atoms. The van der Waals surface area contributed by atoms with Gasteiger partial charge in [0.05, 0.1) is 32.7 Å². The minimum atomic E-state index is -1.61. The molecule has 6 rings (SSSR count). The fraction of sp³-hybridized carbons (Fsp3) is 0.143. The van der Waals surface area contributed by atoms with Crippen LogP contribution in [-0.4, -0.2) is 38.9 Å². The lowest BCUT2D eigenvalue weighted by atomic mass is 10.1. The van der Waals surface area contributed by atoms with E-state index < -0.39 is 17.7 Å². The molecule has 1 N–H and O–H groups in total. The molecule has 0 amide bonds. The standard InChI is InChI=1S/C35H27ClF2N6O3/c1-39-28-9-4-6-25(31(28)38)29-20-44-35(41-33(42-44)32(45)30-26(36)7-5-8-27(30)37)34(40-29)43(18-21-10-14-23(46-2)15-11-21)19-22-12-16-24(47-3)17-13-22/h4-17,20,32,45H,18-19H2,2-3H3. The summed E-state index contributed by atoms with van der Waals surface area (Å²) >= 11 is 6.26. The molecule has 0 saturated carbocycles. The number of anilines is 1. The van der Waals surface area contributed by atoms with Crippen molar-refractivity contribution in [1.82, 2.24) is 19.6 Å². The smallest absolute Gasteiger partial charge is 0.222 e. The van der Waals surface area contributed by atoms with Crippen LogP contribution in [0.15, 0.2) is 91.1 Å². The second kappa shape index (κ2) is 13.4. The van der Waals surface area contributed by atoms with Crippen LogP contribution in [0, 0.1) is 18.2 Å². The summed E-state index contributed by atoms with van der Waals surface area (Å²) in [5.41, 5.74) is 1.93. The van der Waals surface area contributed by atoms with Gasteiger partial charge >= 0.3 is 0 Å². The number of aliphatic hydroxyl groups is 1. The van der Waals surface area contributed by atoms with Crippen LogP contribution >= 0.6 is 11.6 Å². The van der Waals surface area contributed by atoms with E-state index in [0.29, 0.717) is 30.4 Å². The van der Waals surface area contributed by atoms with E-state index in [2.05, 4.69) is 14.9 Å².